The van der Waals surface area contributed by atoms with Crippen LogP contribution in [0.25, 0.3) is 0 Å². The maximum absolute atomic E-state index is 11.6. The fourth-order valence-corrected chi connectivity index (χ4v) is 2.91. The second kappa shape index (κ2) is 7.25. The van der Waals surface area contributed by atoms with Crippen LogP contribution in [0, 0.1) is 32.1 Å². The molecule has 0 saturated carbocycles. The molecule has 0 N–H and O–H groups in total. The smallest absolute Gasteiger partial charge is 0.339 e. The van der Waals surface area contributed by atoms with Crippen LogP contribution in [0.15, 0.2) is 28.4 Å². The summed E-state index contributed by atoms with van der Waals surface area (Å²) in [7, 11) is 0. The number of aryl methyl sites for hydroxylation is 1. The molecule has 2 aromatic heterocycles. The van der Waals surface area contributed by atoms with Gasteiger partial charge in [-0.15, -0.1) is 0 Å². The van der Waals surface area contributed by atoms with Gasteiger partial charge < -0.3 is 4.74 Å². The lowest BCUT2D eigenvalue weighted by atomic mass is 10.1. The van der Waals surface area contributed by atoms with Gasteiger partial charge in [-0.3, -0.25) is 0 Å². The van der Waals surface area contributed by atoms with Gasteiger partial charge >= 0.3 is 5.97 Å². The Kier molecular flexibility index (Phi) is 5.35. The lowest BCUT2D eigenvalue weighted by Gasteiger charge is -2.10. The SMILES string of the molecule is CCOC(=O)c1ccc(Sc2nc(C)c(C)c(C)c2C#N)nc1. The normalized spacial score (nSPS) is 10.2. The molecule has 0 aliphatic carbocycles. The fourth-order valence-electron chi connectivity index (χ4n) is 1.99. The van der Waals surface area contributed by atoms with Crippen molar-refractivity contribution in [3.63, 3.8) is 0 Å². The van der Waals surface area contributed by atoms with Gasteiger partial charge in [-0.1, -0.05) is 0 Å². The van der Waals surface area contributed by atoms with E-state index in [2.05, 4.69) is 16.0 Å². The van der Waals surface area contributed by atoms with Crippen molar-refractivity contribution in [1.29, 1.82) is 5.26 Å². The van der Waals surface area contributed by atoms with E-state index in [9.17, 15) is 10.1 Å². The Bertz CT molecular complexity index is 780. The predicted octanol–water partition coefficient (Wildman–Crippen LogP) is 3.60. The minimum absolute atomic E-state index is 0.326. The number of carbonyl (C=O) groups is 1. The first-order valence-corrected chi connectivity index (χ1v) is 7.98. The third-order valence-electron chi connectivity index (χ3n) is 3.52. The summed E-state index contributed by atoms with van der Waals surface area (Å²) < 4.78 is 4.93. The summed E-state index contributed by atoms with van der Waals surface area (Å²) in [6, 6.07) is 5.60. The maximum Gasteiger partial charge on any atom is 0.339 e. The van der Waals surface area contributed by atoms with Crippen LogP contribution in [0.1, 0.15) is 39.7 Å². The molecule has 0 atom stereocenters. The zero-order chi connectivity index (χ0) is 17.0. The zero-order valence-electron chi connectivity index (χ0n) is 13.5. The van der Waals surface area contributed by atoms with Crippen molar-refractivity contribution in [1.82, 2.24) is 9.97 Å². The summed E-state index contributed by atoms with van der Waals surface area (Å²) in [6.45, 7) is 7.88. The van der Waals surface area contributed by atoms with Gasteiger partial charge in [0.15, 0.2) is 0 Å². The van der Waals surface area contributed by atoms with E-state index >= 15 is 0 Å². The van der Waals surface area contributed by atoms with Crippen molar-refractivity contribution in [2.24, 2.45) is 0 Å². The van der Waals surface area contributed by atoms with Crippen LogP contribution in [0.4, 0.5) is 0 Å². The summed E-state index contributed by atoms with van der Waals surface area (Å²) in [4.78, 5) is 20.4. The molecule has 0 saturated heterocycles. The lowest BCUT2D eigenvalue weighted by Crippen LogP contribution is -2.05. The average molecular weight is 327 g/mol. The van der Waals surface area contributed by atoms with Crippen LogP contribution >= 0.6 is 11.8 Å². The Labute approximate surface area is 139 Å². The summed E-state index contributed by atoms with van der Waals surface area (Å²) in [5.74, 6) is -0.394. The molecule has 118 valence electrons. The zero-order valence-corrected chi connectivity index (χ0v) is 14.3. The maximum atomic E-state index is 11.6. The highest BCUT2D eigenvalue weighted by molar-refractivity contribution is 7.99. The van der Waals surface area contributed by atoms with Crippen LogP contribution in [-0.2, 0) is 4.74 Å². The van der Waals surface area contributed by atoms with E-state index in [0.717, 1.165) is 16.8 Å². The number of esters is 1. The first kappa shape index (κ1) is 17.0. The molecule has 2 aromatic rings. The number of nitrogens with zero attached hydrogens (tertiary/aromatic N) is 3. The van der Waals surface area contributed by atoms with Gasteiger partial charge in [0.2, 0.25) is 0 Å². The molecular weight excluding hydrogens is 310 g/mol. The van der Waals surface area contributed by atoms with Gasteiger partial charge in [0.1, 0.15) is 16.1 Å². The van der Waals surface area contributed by atoms with Crippen LogP contribution < -0.4 is 0 Å². The summed E-state index contributed by atoms with van der Waals surface area (Å²) in [5, 5.41) is 10.7. The van der Waals surface area contributed by atoms with Crippen molar-refractivity contribution in [3.8, 4) is 6.07 Å². The molecule has 0 unspecified atom stereocenters. The molecule has 0 amide bonds. The highest BCUT2D eigenvalue weighted by atomic mass is 32.2. The van der Waals surface area contributed by atoms with Crippen molar-refractivity contribution < 1.29 is 9.53 Å². The van der Waals surface area contributed by atoms with Crippen molar-refractivity contribution in [3.05, 3.63) is 46.3 Å². The molecule has 2 heterocycles. The van der Waals surface area contributed by atoms with Gasteiger partial charge in [-0.25, -0.2) is 14.8 Å². The summed E-state index contributed by atoms with van der Waals surface area (Å²) >= 11 is 1.31. The number of ether oxygens (including phenoxy) is 1. The number of nitriles is 1. The largest absolute Gasteiger partial charge is 0.462 e. The topological polar surface area (TPSA) is 75.9 Å². The van der Waals surface area contributed by atoms with E-state index in [1.54, 1.807) is 19.1 Å². The van der Waals surface area contributed by atoms with E-state index in [-0.39, 0.29) is 0 Å². The standard InChI is InChI=1S/C17H17N3O2S/c1-5-22-17(21)13-6-7-15(19-9-13)23-16-14(8-18)11(3)10(2)12(4)20-16/h6-7,9H,5H2,1-4H3. The van der Waals surface area contributed by atoms with Gasteiger partial charge in [0, 0.05) is 11.9 Å². The summed E-state index contributed by atoms with van der Waals surface area (Å²) in [5.41, 5.74) is 3.82. The summed E-state index contributed by atoms with van der Waals surface area (Å²) in [6.07, 6.45) is 1.47. The first-order chi connectivity index (χ1) is 11.0. The van der Waals surface area contributed by atoms with Crippen LogP contribution in [-0.4, -0.2) is 22.5 Å². The molecule has 0 aliphatic rings. The molecule has 0 aromatic carbocycles. The number of carbonyl (C=O) groups excluding carboxylic acids is 1. The average Bonchev–Trinajstić information content (AvgIpc) is 2.54. The number of pyridine rings is 2. The van der Waals surface area contributed by atoms with Crippen LogP contribution in [0.5, 0.6) is 0 Å². The minimum atomic E-state index is -0.394. The van der Waals surface area contributed by atoms with Crippen LogP contribution in [0.2, 0.25) is 0 Å². The van der Waals surface area contributed by atoms with Crippen molar-refractivity contribution >= 4 is 17.7 Å². The molecule has 0 spiro atoms. The monoisotopic (exact) mass is 327 g/mol. The Morgan fingerprint density at radius 1 is 1.30 bits per heavy atom. The Hall–Kier alpha value is -2.39. The third-order valence-corrected chi connectivity index (χ3v) is 4.46. The van der Waals surface area contributed by atoms with Gasteiger partial charge in [0.05, 0.1) is 17.7 Å². The molecule has 5 nitrogen and oxygen atoms in total. The molecule has 0 aliphatic heterocycles. The quantitative estimate of drug-likeness (QED) is 0.799. The molecule has 6 heteroatoms. The van der Waals surface area contributed by atoms with E-state index in [1.165, 1.54) is 18.0 Å². The highest BCUT2D eigenvalue weighted by Gasteiger charge is 2.14. The number of rotatable bonds is 4. The Morgan fingerprint density at radius 2 is 2.04 bits per heavy atom. The highest BCUT2D eigenvalue weighted by Crippen LogP contribution is 2.30. The van der Waals surface area contributed by atoms with Crippen LogP contribution in [0.3, 0.4) is 0 Å². The second-order valence-electron chi connectivity index (χ2n) is 4.95. The Balaban J connectivity index is 2.30. The minimum Gasteiger partial charge on any atom is -0.462 e. The molecular formula is C17H17N3O2S. The Morgan fingerprint density at radius 3 is 2.61 bits per heavy atom. The van der Waals surface area contributed by atoms with Crippen molar-refractivity contribution in [2.75, 3.05) is 6.61 Å². The second-order valence-corrected chi connectivity index (χ2v) is 5.96. The number of aromatic nitrogens is 2. The fraction of sp³-hybridized carbons (Fsp3) is 0.294. The van der Waals surface area contributed by atoms with E-state index in [0.29, 0.717) is 27.8 Å². The van der Waals surface area contributed by atoms with E-state index in [4.69, 9.17) is 4.74 Å². The van der Waals surface area contributed by atoms with Gasteiger partial charge in [0.25, 0.3) is 0 Å². The van der Waals surface area contributed by atoms with E-state index < -0.39 is 5.97 Å². The molecule has 0 fully saturated rings. The number of hydrogen-bond acceptors (Lipinski definition) is 6. The molecule has 2 rings (SSSR count). The van der Waals surface area contributed by atoms with Gasteiger partial charge in [-0.2, -0.15) is 5.26 Å². The number of hydrogen-bond donors (Lipinski definition) is 0. The molecule has 23 heavy (non-hydrogen) atoms. The van der Waals surface area contributed by atoms with Crippen molar-refractivity contribution in [2.45, 2.75) is 37.7 Å². The van der Waals surface area contributed by atoms with E-state index in [1.807, 2.05) is 20.8 Å². The first-order valence-electron chi connectivity index (χ1n) is 7.16. The third kappa shape index (κ3) is 3.69. The lowest BCUT2D eigenvalue weighted by molar-refractivity contribution is 0.0525. The molecule has 0 bridgehead atoms. The van der Waals surface area contributed by atoms with Gasteiger partial charge in [-0.05, 0) is 62.7 Å². The predicted molar refractivity (Wildman–Crippen MR) is 87.5 cm³/mol. The molecule has 0 radical (unpaired) electrons.